The number of imide groups is 1. The molecule has 2 heterocycles. The molecule has 1 aliphatic rings. The van der Waals surface area contributed by atoms with Crippen molar-refractivity contribution in [3.8, 4) is 0 Å². The number of nitrogens with zero attached hydrogens (tertiary/aromatic N) is 2. The lowest BCUT2D eigenvalue weighted by atomic mass is 10.1. The van der Waals surface area contributed by atoms with Gasteiger partial charge in [-0.2, -0.15) is 0 Å². The zero-order valence-electron chi connectivity index (χ0n) is 18.0. The fraction of sp³-hybridized carbons (Fsp3) is 0.217. The van der Waals surface area contributed by atoms with Crippen LogP contribution in [0.5, 0.6) is 0 Å². The van der Waals surface area contributed by atoms with E-state index in [1.54, 1.807) is 25.2 Å². The number of rotatable bonds is 5. The van der Waals surface area contributed by atoms with Crippen LogP contribution in [-0.4, -0.2) is 52.1 Å². The predicted molar refractivity (Wildman–Crippen MR) is 119 cm³/mol. The van der Waals surface area contributed by atoms with Crippen LogP contribution >= 0.6 is 0 Å². The Morgan fingerprint density at radius 1 is 1.09 bits per heavy atom. The Morgan fingerprint density at radius 3 is 2.47 bits per heavy atom. The van der Waals surface area contributed by atoms with Gasteiger partial charge in [0.05, 0.1) is 6.54 Å². The summed E-state index contributed by atoms with van der Waals surface area (Å²) in [6.07, 6.45) is 0. The van der Waals surface area contributed by atoms with E-state index in [9.17, 15) is 19.2 Å². The number of primary amides is 1. The lowest BCUT2D eigenvalue weighted by molar-refractivity contribution is -0.125. The number of H-pyrrole nitrogens is 1. The molecule has 0 spiro atoms. The molecule has 32 heavy (non-hydrogen) atoms. The number of benzene rings is 2. The van der Waals surface area contributed by atoms with Crippen molar-refractivity contribution >= 4 is 40.3 Å². The van der Waals surface area contributed by atoms with Crippen molar-refractivity contribution in [3.63, 3.8) is 0 Å². The molecule has 0 unspecified atom stereocenters. The molecule has 1 saturated heterocycles. The highest BCUT2D eigenvalue weighted by atomic mass is 16.2. The average molecular weight is 433 g/mol. The van der Waals surface area contributed by atoms with Gasteiger partial charge in [-0.1, -0.05) is 6.07 Å². The predicted octanol–water partition coefficient (Wildman–Crippen LogP) is 2.53. The van der Waals surface area contributed by atoms with Crippen molar-refractivity contribution < 1.29 is 19.2 Å². The molecular formula is C23H23N5O4. The normalized spacial score (nSPS) is 13.8. The van der Waals surface area contributed by atoms with Gasteiger partial charge < -0.3 is 20.9 Å². The first-order chi connectivity index (χ1) is 15.2. The fourth-order valence-electron chi connectivity index (χ4n) is 3.78. The van der Waals surface area contributed by atoms with Crippen LogP contribution in [0.3, 0.4) is 0 Å². The maximum Gasteiger partial charge on any atom is 0.327 e. The van der Waals surface area contributed by atoms with E-state index >= 15 is 0 Å². The van der Waals surface area contributed by atoms with E-state index in [0.29, 0.717) is 16.8 Å². The molecule has 0 radical (unpaired) electrons. The van der Waals surface area contributed by atoms with Gasteiger partial charge in [0.1, 0.15) is 6.54 Å². The van der Waals surface area contributed by atoms with Crippen LogP contribution in [-0.2, 0) is 11.3 Å². The highest BCUT2D eigenvalue weighted by Gasteiger charge is 2.34. The largest absolute Gasteiger partial charge is 0.366 e. The summed E-state index contributed by atoms with van der Waals surface area (Å²) in [4.78, 5) is 54.9. The lowest BCUT2D eigenvalue weighted by Gasteiger charge is -2.18. The second kappa shape index (κ2) is 7.84. The Hall–Kier alpha value is -4.14. The smallest absolute Gasteiger partial charge is 0.327 e. The monoisotopic (exact) mass is 433 g/mol. The van der Waals surface area contributed by atoms with E-state index < -0.39 is 11.9 Å². The minimum Gasteiger partial charge on any atom is -0.366 e. The summed E-state index contributed by atoms with van der Waals surface area (Å²) in [7, 11) is 1.54. The van der Waals surface area contributed by atoms with Gasteiger partial charge in [0.2, 0.25) is 5.91 Å². The SMILES string of the molecule is Cc1[nH]c2ccc(C(=O)Nc3cc(C(N)=O)ccc3CN3C(=O)CN(C)C3=O)cc2c1C. The number of nitrogens with one attached hydrogen (secondary N) is 2. The molecule has 0 aliphatic carbocycles. The number of aromatic amines is 1. The van der Waals surface area contributed by atoms with E-state index in [2.05, 4.69) is 10.3 Å². The molecule has 1 fully saturated rings. The third-order valence-corrected chi connectivity index (χ3v) is 5.77. The second-order valence-electron chi connectivity index (χ2n) is 7.94. The third kappa shape index (κ3) is 3.68. The van der Waals surface area contributed by atoms with Crippen molar-refractivity contribution in [2.75, 3.05) is 18.9 Å². The van der Waals surface area contributed by atoms with Gasteiger partial charge in [-0.15, -0.1) is 0 Å². The first-order valence-corrected chi connectivity index (χ1v) is 10.0. The standard InChI is InChI=1S/C23H23N5O4/c1-12-13(2)25-18-7-6-15(8-17(12)18)22(31)26-19-9-14(21(24)30)4-5-16(19)10-28-20(29)11-27(3)23(28)32/h4-9,25H,10-11H2,1-3H3,(H2,24,30)(H,26,31). The molecule has 164 valence electrons. The molecule has 1 aromatic heterocycles. The number of nitrogens with two attached hydrogens (primary N) is 1. The van der Waals surface area contributed by atoms with Crippen molar-refractivity contribution in [2.24, 2.45) is 5.73 Å². The number of aromatic nitrogens is 1. The van der Waals surface area contributed by atoms with Gasteiger partial charge >= 0.3 is 6.03 Å². The molecule has 4 rings (SSSR count). The van der Waals surface area contributed by atoms with Crippen LogP contribution in [0.4, 0.5) is 10.5 Å². The summed E-state index contributed by atoms with van der Waals surface area (Å²) < 4.78 is 0. The van der Waals surface area contributed by atoms with Crippen molar-refractivity contribution in [3.05, 3.63) is 64.3 Å². The topological polar surface area (TPSA) is 129 Å². The minimum atomic E-state index is -0.653. The highest BCUT2D eigenvalue weighted by molar-refractivity contribution is 6.08. The summed E-state index contributed by atoms with van der Waals surface area (Å²) >= 11 is 0. The van der Waals surface area contributed by atoms with E-state index in [1.807, 2.05) is 19.9 Å². The van der Waals surface area contributed by atoms with Crippen molar-refractivity contribution in [2.45, 2.75) is 20.4 Å². The van der Waals surface area contributed by atoms with E-state index in [-0.39, 0.29) is 30.5 Å². The zero-order valence-corrected chi connectivity index (χ0v) is 18.0. The maximum absolute atomic E-state index is 13.0. The quantitative estimate of drug-likeness (QED) is 0.534. The van der Waals surface area contributed by atoms with Crippen LogP contribution in [0.1, 0.15) is 37.5 Å². The summed E-state index contributed by atoms with van der Waals surface area (Å²) in [6, 6.07) is 9.44. The Labute approximate surface area is 184 Å². The molecule has 0 saturated carbocycles. The Kier molecular flexibility index (Phi) is 5.17. The van der Waals surface area contributed by atoms with Gasteiger partial charge in [-0.3, -0.25) is 19.3 Å². The lowest BCUT2D eigenvalue weighted by Crippen LogP contribution is -2.31. The Morgan fingerprint density at radius 2 is 1.81 bits per heavy atom. The molecular weight excluding hydrogens is 410 g/mol. The summed E-state index contributed by atoms with van der Waals surface area (Å²) in [6.45, 7) is 3.90. The molecule has 0 bridgehead atoms. The second-order valence-corrected chi connectivity index (χ2v) is 7.94. The summed E-state index contributed by atoms with van der Waals surface area (Å²) in [5.41, 5.74) is 9.87. The van der Waals surface area contributed by atoms with E-state index in [0.717, 1.165) is 27.1 Å². The number of fused-ring (bicyclic) bond motifs is 1. The number of aryl methyl sites for hydroxylation is 2. The average Bonchev–Trinajstić information content (AvgIpc) is 3.17. The van der Waals surface area contributed by atoms with Crippen molar-refractivity contribution in [1.82, 2.24) is 14.8 Å². The number of carbonyl (C=O) groups is 4. The molecule has 2 aromatic carbocycles. The van der Waals surface area contributed by atoms with Crippen molar-refractivity contribution in [1.29, 1.82) is 0 Å². The van der Waals surface area contributed by atoms with Crippen LogP contribution in [0.2, 0.25) is 0 Å². The first-order valence-electron chi connectivity index (χ1n) is 10.0. The maximum atomic E-state index is 13.0. The summed E-state index contributed by atoms with van der Waals surface area (Å²) in [5.74, 6) is -1.37. The first kappa shape index (κ1) is 21.1. The fourth-order valence-corrected chi connectivity index (χ4v) is 3.78. The summed E-state index contributed by atoms with van der Waals surface area (Å²) in [5, 5.41) is 3.75. The number of urea groups is 1. The number of amides is 5. The number of hydrogen-bond acceptors (Lipinski definition) is 4. The molecule has 3 aromatic rings. The van der Waals surface area contributed by atoms with Crippen LogP contribution in [0.25, 0.3) is 10.9 Å². The number of carbonyl (C=O) groups excluding carboxylic acids is 4. The van der Waals surface area contributed by atoms with Crippen LogP contribution in [0.15, 0.2) is 36.4 Å². The Bertz CT molecular complexity index is 1290. The highest BCUT2D eigenvalue weighted by Crippen LogP contribution is 2.25. The molecule has 5 amide bonds. The van der Waals surface area contributed by atoms with Gasteiger partial charge in [0.15, 0.2) is 0 Å². The van der Waals surface area contributed by atoms with Gasteiger partial charge in [-0.05, 0) is 55.3 Å². The van der Waals surface area contributed by atoms with Gasteiger partial charge in [0, 0.05) is 40.5 Å². The van der Waals surface area contributed by atoms with E-state index in [1.165, 1.54) is 17.0 Å². The number of anilines is 1. The third-order valence-electron chi connectivity index (χ3n) is 5.77. The van der Waals surface area contributed by atoms with Gasteiger partial charge in [-0.25, -0.2) is 4.79 Å². The van der Waals surface area contributed by atoms with Gasteiger partial charge in [0.25, 0.3) is 11.8 Å². The molecule has 9 nitrogen and oxygen atoms in total. The molecule has 0 atom stereocenters. The number of hydrogen-bond donors (Lipinski definition) is 3. The minimum absolute atomic E-state index is 0.00462. The van der Waals surface area contributed by atoms with E-state index in [4.69, 9.17) is 5.73 Å². The van der Waals surface area contributed by atoms with Crippen LogP contribution in [0, 0.1) is 13.8 Å². The van der Waals surface area contributed by atoms with Crippen LogP contribution < -0.4 is 11.1 Å². The zero-order chi connectivity index (χ0) is 23.2. The molecule has 1 aliphatic heterocycles. The number of likely N-dealkylation sites (N-methyl/N-ethyl adjacent to an activating group) is 1. The molecule has 9 heteroatoms. The Balaban J connectivity index is 1.67. The molecule has 4 N–H and O–H groups in total.